The van der Waals surface area contributed by atoms with Crippen molar-refractivity contribution in [1.29, 1.82) is 0 Å². The van der Waals surface area contributed by atoms with Gasteiger partial charge in [0.05, 0.1) is 21.4 Å². The minimum Gasteiger partial charge on any atom is -0.487 e. The highest BCUT2D eigenvalue weighted by Crippen LogP contribution is 2.31. The molecule has 28 heavy (non-hydrogen) atoms. The monoisotopic (exact) mass is 420 g/mol. The number of hydrogen-bond donors (Lipinski definition) is 1. The third-order valence-electron chi connectivity index (χ3n) is 4.59. The number of aryl methyl sites for hydroxylation is 1. The van der Waals surface area contributed by atoms with E-state index in [2.05, 4.69) is 5.32 Å². The molecule has 1 N–H and O–H groups in total. The molecular formula is C21H25ClN2O3S. The van der Waals surface area contributed by atoms with Crippen LogP contribution in [-0.2, 0) is 4.79 Å². The van der Waals surface area contributed by atoms with Gasteiger partial charge >= 0.3 is 0 Å². The topological polar surface area (TPSA) is 58.6 Å². The van der Waals surface area contributed by atoms with Crippen LogP contribution >= 0.6 is 22.9 Å². The van der Waals surface area contributed by atoms with Crippen LogP contribution in [0.5, 0.6) is 5.75 Å². The molecule has 1 aliphatic rings. The predicted molar refractivity (Wildman–Crippen MR) is 114 cm³/mol. The van der Waals surface area contributed by atoms with E-state index in [1.165, 1.54) is 11.3 Å². The average molecular weight is 421 g/mol. The number of benzene rings is 1. The zero-order valence-corrected chi connectivity index (χ0v) is 18.1. The predicted octanol–water partition coefficient (Wildman–Crippen LogP) is 4.99. The summed E-state index contributed by atoms with van der Waals surface area (Å²) in [6.45, 7) is 8.62. The van der Waals surface area contributed by atoms with Gasteiger partial charge in [-0.05, 0) is 30.7 Å². The summed E-state index contributed by atoms with van der Waals surface area (Å²) in [5, 5.41) is 4.17. The summed E-state index contributed by atoms with van der Waals surface area (Å²) in [5.74, 6) is 0.550. The maximum absolute atomic E-state index is 13.0. The molecule has 1 aliphatic heterocycles. The van der Waals surface area contributed by atoms with Gasteiger partial charge in [0.1, 0.15) is 11.9 Å². The molecule has 3 rings (SSSR count). The van der Waals surface area contributed by atoms with Crippen LogP contribution in [0.15, 0.2) is 30.3 Å². The summed E-state index contributed by atoms with van der Waals surface area (Å²) in [4.78, 5) is 27.6. The number of para-hydroxylation sites is 1. The van der Waals surface area contributed by atoms with Crippen molar-refractivity contribution >= 4 is 39.8 Å². The normalized spacial score (nSPS) is 16.9. The number of amides is 2. The van der Waals surface area contributed by atoms with Gasteiger partial charge in [0.15, 0.2) is 0 Å². The van der Waals surface area contributed by atoms with Crippen LogP contribution in [0.4, 0.5) is 5.00 Å². The quantitative estimate of drug-likeness (QED) is 0.758. The summed E-state index contributed by atoms with van der Waals surface area (Å²) in [7, 11) is 0. The van der Waals surface area contributed by atoms with E-state index in [-0.39, 0.29) is 17.9 Å². The van der Waals surface area contributed by atoms with E-state index in [1.54, 1.807) is 11.0 Å². The fourth-order valence-corrected chi connectivity index (χ4v) is 4.14. The van der Waals surface area contributed by atoms with E-state index in [9.17, 15) is 9.59 Å². The van der Waals surface area contributed by atoms with Gasteiger partial charge in [-0.1, -0.05) is 44.5 Å². The summed E-state index contributed by atoms with van der Waals surface area (Å²) >= 11 is 7.48. The molecule has 1 fully saturated rings. The smallest absolute Gasteiger partial charge is 0.264 e. The lowest BCUT2D eigenvalue weighted by Crippen LogP contribution is -2.30. The van der Waals surface area contributed by atoms with Gasteiger partial charge in [0.25, 0.3) is 5.91 Å². The Morgan fingerprint density at radius 1 is 1.29 bits per heavy atom. The lowest BCUT2D eigenvalue weighted by Gasteiger charge is -2.17. The number of nitrogens with zero attached hydrogens (tertiary/aromatic N) is 1. The zero-order chi connectivity index (χ0) is 20.5. The maximum atomic E-state index is 13.0. The number of anilines is 1. The number of hydrogen-bond acceptors (Lipinski definition) is 4. The first kappa shape index (κ1) is 20.7. The molecule has 1 atom stereocenters. The second kappa shape index (κ2) is 8.13. The van der Waals surface area contributed by atoms with Gasteiger partial charge in [-0.2, -0.15) is 0 Å². The van der Waals surface area contributed by atoms with Crippen LogP contribution in [0.3, 0.4) is 0 Å². The molecule has 2 aromatic rings. The molecule has 1 aromatic carbocycles. The Bertz CT molecular complexity index is 888. The lowest BCUT2D eigenvalue weighted by molar-refractivity contribution is -0.123. The van der Waals surface area contributed by atoms with E-state index in [0.29, 0.717) is 33.7 Å². The Hall–Kier alpha value is -2.05. The Balaban J connectivity index is 1.65. The van der Waals surface area contributed by atoms with Crippen LogP contribution in [0.2, 0.25) is 5.02 Å². The molecule has 2 amide bonds. The highest BCUT2D eigenvalue weighted by molar-refractivity contribution is 7.18. The number of nitrogens with one attached hydrogen (secondary N) is 1. The first-order chi connectivity index (χ1) is 13.1. The maximum Gasteiger partial charge on any atom is 0.264 e. The van der Waals surface area contributed by atoms with Gasteiger partial charge in [-0.15, -0.1) is 11.3 Å². The van der Waals surface area contributed by atoms with E-state index in [0.717, 1.165) is 12.0 Å². The van der Waals surface area contributed by atoms with Gasteiger partial charge < -0.3 is 15.0 Å². The van der Waals surface area contributed by atoms with Crippen molar-refractivity contribution in [3.05, 3.63) is 45.8 Å². The second-order valence-electron chi connectivity index (χ2n) is 8.04. The number of likely N-dealkylation sites (tertiary alicyclic amines) is 1. The minimum absolute atomic E-state index is 0.0241. The van der Waals surface area contributed by atoms with Gasteiger partial charge in [-0.25, -0.2) is 0 Å². The molecule has 7 heteroatoms. The number of thiophene rings is 1. The number of carbonyl (C=O) groups excluding carboxylic acids is 2. The third-order valence-corrected chi connectivity index (χ3v) is 6.05. The Morgan fingerprint density at radius 3 is 2.68 bits per heavy atom. The molecule has 150 valence electrons. The molecule has 5 nitrogen and oxygen atoms in total. The SMILES string of the molecule is Cc1cc(NC(=O)C(C)(C)C)sc1C(=O)N1CCC(Oc2ccccc2Cl)C1. The van der Waals surface area contributed by atoms with E-state index < -0.39 is 5.41 Å². The largest absolute Gasteiger partial charge is 0.487 e. The van der Waals surface area contributed by atoms with Crippen molar-refractivity contribution in [2.24, 2.45) is 5.41 Å². The Morgan fingerprint density at radius 2 is 2.00 bits per heavy atom. The standard InChI is InChI=1S/C21H25ClN2O3S/c1-13-11-17(23-20(26)21(2,3)4)28-18(13)19(25)24-10-9-14(12-24)27-16-8-6-5-7-15(16)22/h5-8,11,14H,9-10,12H2,1-4H3,(H,23,26). The summed E-state index contributed by atoms with van der Waals surface area (Å²) in [6, 6.07) is 9.21. The summed E-state index contributed by atoms with van der Waals surface area (Å²) in [5.41, 5.74) is 0.384. The third kappa shape index (κ3) is 4.67. The minimum atomic E-state index is -0.486. The van der Waals surface area contributed by atoms with Gasteiger partial charge in [-0.3, -0.25) is 9.59 Å². The molecule has 0 radical (unpaired) electrons. The fraction of sp³-hybridized carbons (Fsp3) is 0.429. The van der Waals surface area contributed by atoms with Crippen LogP contribution in [0, 0.1) is 12.3 Å². The number of rotatable bonds is 4. The van der Waals surface area contributed by atoms with E-state index in [4.69, 9.17) is 16.3 Å². The van der Waals surface area contributed by atoms with Crippen molar-refractivity contribution in [2.75, 3.05) is 18.4 Å². The number of ether oxygens (including phenoxy) is 1. The highest BCUT2D eigenvalue weighted by Gasteiger charge is 2.31. The second-order valence-corrected chi connectivity index (χ2v) is 9.50. The molecular weight excluding hydrogens is 396 g/mol. The van der Waals surface area contributed by atoms with Crippen LogP contribution in [-0.4, -0.2) is 35.9 Å². The van der Waals surface area contributed by atoms with E-state index >= 15 is 0 Å². The molecule has 0 saturated carbocycles. The summed E-state index contributed by atoms with van der Waals surface area (Å²) < 4.78 is 5.97. The molecule has 1 saturated heterocycles. The lowest BCUT2D eigenvalue weighted by atomic mass is 9.96. The van der Waals surface area contributed by atoms with Crippen molar-refractivity contribution in [3.8, 4) is 5.75 Å². The highest BCUT2D eigenvalue weighted by atomic mass is 35.5. The molecule has 0 bridgehead atoms. The first-order valence-corrected chi connectivity index (χ1v) is 10.5. The summed E-state index contributed by atoms with van der Waals surface area (Å²) in [6.07, 6.45) is 0.679. The van der Waals surface area contributed by atoms with Gasteiger partial charge in [0, 0.05) is 18.4 Å². The Kier molecular flexibility index (Phi) is 6.01. The molecule has 2 heterocycles. The van der Waals surface area contributed by atoms with Crippen LogP contribution in [0.25, 0.3) is 0 Å². The van der Waals surface area contributed by atoms with E-state index in [1.807, 2.05) is 52.0 Å². The van der Waals surface area contributed by atoms with Crippen LogP contribution in [0.1, 0.15) is 42.4 Å². The first-order valence-electron chi connectivity index (χ1n) is 9.27. The molecule has 0 aliphatic carbocycles. The van der Waals surface area contributed by atoms with Crippen molar-refractivity contribution in [1.82, 2.24) is 4.90 Å². The van der Waals surface area contributed by atoms with Gasteiger partial charge in [0.2, 0.25) is 5.91 Å². The fourth-order valence-electron chi connectivity index (χ4n) is 2.93. The van der Waals surface area contributed by atoms with Crippen molar-refractivity contribution < 1.29 is 14.3 Å². The molecule has 0 spiro atoms. The average Bonchev–Trinajstić information content (AvgIpc) is 3.22. The van der Waals surface area contributed by atoms with Crippen molar-refractivity contribution in [2.45, 2.75) is 40.2 Å². The van der Waals surface area contributed by atoms with Crippen LogP contribution < -0.4 is 10.1 Å². The number of halogens is 1. The molecule has 1 unspecified atom stereocenters. The molecule has 1 aromatic heterocycles. The zero-order valence-electron chi connectivity index (χ0n) is 16.5. The van der Waals surface area contributed by atoms with Crippen molar-refractivity contribution in [3.63, 3.8) is 0 Å². The number of carbonyl (C=O) groups is 2. The Labute approximate surface area is 174 Å².